The Morgan fingerprint density at radius 3 is 2.71 bits per heavy atom. The summed E-state index contributed by atoms with van der Waals surface area (Å²) in [7, 11) is 0. The summed E-state index contributed by atoms with van der Waals surface area (Å²) in [4.78, 5) is 25.5. The van der Waals surface area contributed by atoms with Gasteiger partial charge in [0.15, 0.2) is 6.23 Å². The fourth-order valence-corrected chi connectivity index (χ4v) is 2.42. The van der Waals surface area contributed by atoms with E-state index >= 15 is 0 Å². The summed E-state index contributed by atoms with van der Waals surface area (Å²) in [6.45, 7) is 2.16. The van der Waals surface area contributed by atoms with Crippen LogP contribution in [-0.2, 0) is 16.1 Å². The lowest BCUT2D eigenvalue weighted by Crippen LogP contribution is -2.41. The van der Waals surface area contributed by atoms with Crippen molar-refractivity contribution in [1.82, 2.24) is 10.2 Å². The first-order valence-electron chi connectivity index (χ1n) is 7.14. The van der Waals surface area contributed by atoms with Crippen LogP contribution in [0.2, 0.25) is 0 Å². The third kappa shape index (κ3) is 3.07. The summed E-state index contributed by atoms with van der Waals surface area (Å²) in [6.07, 6.45) is 2.61. The van der Waals surface area contributed by atoms with Crippen LogP contribution < -0.4 is 5.32 Å². The maximum atomic E-state index is 12.0. The molecule has 0 aromatic heterocycles. The molecule has 1 aromatic rings. The van der Waals surface area contributed by atoms with E-state index in [1.165, 1.54) is 0 Å². The topological polar surface area (TPSA) is 58.6 Å². The molecule has 1 aromatic carbocycles. The summed E-state index contributed by atoms with van der Waals surface area (Å²) in [6, 6.07) is 9.84. The lowest BCUT2D eigenvalue weighted by Gasteiger charge is -2.24. The monoisotopic (exact) mass is 286 g/mol. The van der Waals surface area contributed by atoms with E-state index in [1.807, 2.05) is 30.3 Å². The van der Waals surface area contributed by atoms with Crippen molar-refractivity contribution in [3.05, 3.63) is 47.5 Å². The molecular formula is C16H18N2O3. The molecule has 1 aliphatic heterocycles. The van der Waals surface area contributed by atoms with Crippen molar-refractivity contribution in [1.29, 1.82) is 0 Å². The second kappa shape index (κ2) is 5.60. The van der Waals surface area contributed by atoms with E-state index in [0.717, 1.165) is 18.4 Å². The zero-order valence-corrected chi connectivity index (χ0v) is 11.9. The lowest BCUT2D eigenvalue weighted by molar-refractivity contribution is -0.132. The zero-order chi connectivity index (χ0) is 14.8. The number of ether oxygens (including phenoxy) is 1. The van der Waals surface area contributed by atoms with Crippen LogP contribution in [0.3, 0.4) is 0 Å². The maximum absolute atomic E-state index is 12.0. The van der Waals surface area contributed by atoms with Crippen molar-refractivity contribution in [2.75, 3.05) is 0 Å². The van der Waals surface area contributed by atoms with E-state index in [2.05, 4.69) is 5.32 Å². The third-order valence-electron chi connectivity index (χ3n) is 3.69. The Balaban J connectivity index is 1.55. The van der Waals surface area contributed by atoms with Crippen LogP contribution in [0.15, 0.2) is 42.0 Å². The fourth-order valence-electron chi connectivity index (χ4n) is 2.42. The van der Waals surface area contributed by atoms with Crippen molar-refractivity contribution in [2.24, 2.45) is 0 Å². The van der Waals surface area contributed by atoms with Crippen molar-refractivity contribution in [2.45, 2.75) is 38.6 Å². The number of hydrogen-bond acceptors (Lipinski definition) is 3. The normalized spacial score (nSPS) is 21.2. The minimum absolute atomic E-state index is 0.0293. The highest BCUT2D eigenvalue weighted by Crippen LogP contribution is 2.33. The van der Waals surface area contributed by atoms with Gasteiger partial charge in [0, 0.05) is 18.2 Å². The standard InChI is InChI=1S/C16H18N2O3/c1-11-9-14(18(15(11)19)13-7-8-13)21-16(20)17-10-12-5-3-2-4-6-12/h2-6,9,13-14H,7-8,10H2,1H3,(H,17,20). The van der Waals surface area contributed by atoms with Crippen LogP contribution in [0.5, 0.6) is 0 Å². The Morgan fingerprint density at radius 2 is 2.05 bits per heavy atom. The molecule has 1 heterocycles. The highest BCUT2D eigenvalue weighted by Gasteiger charge is 2.42. The van der Waals surface area contributed by atoms with Crippen LogP contribution in [0.1, 0.15) is 25.3 Å². The molecule has 1 N–H and O–H groups in total. The molecule has 3 rings (SSSR count). The van der Waals surface area contributed by atoms with E-state index < -0.39 is 12.3 Å². The van der Waals surface area contributed by atoms with Gasteiger partial charge in [0.25, 0.3) is 5.91 Å². The second-order valence-electron chi connectivity index (χ2n) is 5.43. The number of amides is 2. The van der Waals surface area contributed by atoms with E-state index in [4.69, 9.17) is 4.74 Å². The Labute approximate surface area is 123 Å². The third-order valence-corrected chi connectivity index (χ3v) is 3.69. The molecule has 5 heteroatoms. The van der Waals surface area contributed by atoms with Crippen LogP contribution in [0.4, 0.5) is 4.79 Å². The second-order valence-corrected chi connectivity index (χ2v) is 5.43. The van der Waals surface area contributed by atoms with Crippen molar-refractivity contribution >= 4 is 12.0 Å². The molecule has 1 saturated carbocycles. The summed E-state index contributed by atoms with van der Waals surface area (Å²) in [5.74, 6) is -0.0293. The number of benzene rings is 1. The van der Waals surface area contributed by atoms with Crippen LogP contribution in [0, 0.1) is 0 Å². The fraction of sp³-hybridized carbons (Fsp3) is 0.375. The number of carbonyl (C=O) groups excluding carboxylic acids is 2. The molecule has 1 unspecified atom stereocenters. The van der Waals surface area contributed by atoms with Gasteiger partial charge in [0.05, 0.1) is 0 Å². The molecule has 0 radical (unpaired) electrons. The Morgan fingerprint density at radius 1 is 1.33 bits per heavy atom. The van der Waals surface area contributed by atoms with Gasteiger partial charge in [0.2, 0.25) is 0 Å². The number of nitrogens with zero attached hydrogens (tertiary/aromatic N) is 1. The van der Waals surface area contributed by atoms with Crippen molar-refractivity contribution in [3.63, 3.8) is 0 Å². The highest BCUT2D eigenvalue weighted by atomic mass is 16.6. The maximum Gasteiger partial charge on any atom is 0.409 e. The molecule has 1 aliphatic carbocycles. The van der Waals surface area contributed by atoms with Crippen molar-refractivity contribution < 1.29 is 14.3 Å². The van der Waals surface area contributed by atoms with Gasteiger partial charge in [-0.2, -0.15) is 0 Å². The molecule has 2 aliphatic rings. The van der Waals surface area contributed by atoms with Gasteiger partial charge >= 0.3 is 6.09 Å². The first-order chi connectivity index (χ1) is 10.1. The van der Waals surface area contributed by atoms with Gasteiger partial charge in [-0.1, -0.05) is 30.3 Å². The summed E-state index contributed by atoms with van der Waals surface area (Å²) in [5, 5.41) is 2.71. The Bertz CT molecular complexity index is 578. The van der Waals surface area contributed by atoms with Gasteiger partial charge in [-0.3, -0.25) is 9.69 Å². The Hall–Kier alpha value is -2.30. The number of alkyl carbamates (subject to hydrolysis) is 1. The molecule has 2 amide bonds. The van der Waals surface area contributed by atoms with Gasteiger partial charge in [-0.25, -0.2) is 4.79 Å². The van der Waals surface area contributed by atoms with Gasteiger partial charge in [-0.15, -0.1) is 0 Å². The minimum atomic E-state index is -0.569. The molecule has 110 valence electrons. The average molecular weight is 286 g/mol. The van der Waals surface area contributed by atoms with Crippen LogP contribution in [-0.4, -0.2) is 29.2 Å². The van der Waals surface area contributed by atoms with Crippen molar-refractivity contribution in [3.8, 4) is 0 Å². The average Bonchev–Trinajstić information content (AvgIpc) is 3.27. The summed E-state index contributed by atoms with van der Waals surface area (Å²) < 4.78 is 5.37. The lowest BCUT2D eigenvalue weighted by atomic mass is 10.2. The molecular weight excluding hydrogens is 268 g/mol. The molecule has 0 bridgehead atoms. The molecule has 0 saturated heterocycles. The van der Waals surface area contributed by atoms with Gasteiger partial charge < -0.3 is 10.1 Å². The van der Waals surface area contributed by atoms with Crippen LogP contribution >= 0.6 is 0 Å². The van der Waals surface area contributed by atoms with Gasteiger partial charge in [0.1, 0.15) is 0 Å². The minimum Gasteiger partial charge on any atom is -0.422 e. The van der Waals surface area contributed by atoms with E-state index in [9.17, 15) is 9.59 Å². The molecule has 21 heavy (non-hydrogen) atoms. The Kier molecular flexibility index (Phi) is 3.64. The molecule has 0 spiro atoms. The van der Waals surface area contributed by atoms with E-state index in [-0.39, 0.29) is 11.9 Å². The first-order valence-corrected chi connectivity index (χ1v) is 7.14. The summed E-state index contributed by atoms with van der Waals surface area (Å²) >= 11 is 0. The predicted molar refractivity (Wildman–Crippen MR) is 77.2 cm³/mol. The SMILES string of the molecule is CC1=CC(OC(=O)NCc2ccccc2)N(C2CC2)C1=O. The van der Waals surface area contributed by atoms with Crippen LogP contribution in [0.25, 0.3) is 0 Å². The summed E-state index contributed by atoms with van der Waals surface area (Å²) in [5.41, 5.74) is 1.64. The quantitative estimate of drug-likeness (QED) is 0.923. The smallest absolute Gasteiger partial charge is 0.409 e. The number of nitrogens with one attached hydrogen (secondary N) is 1. The highest BCUT2D eigenvalue weighted by molar-refractivity contribution is 5.96. The van der Waals surface area contributed by atoms with E-state index in [0.29, 0.717) is 12.1 Å². The number of hydrogen-bond donors (Lipinski definition) is 1. The molecule has 5 nitrogen and oxygen atoms in total. The first kappa shape index (κ1) is 13.7. The molecule has 1 fully saturated rings. The van der Waals surface area contributed by atoms with E-state index in [1.54, 1.807) is 17.9 Å². The molecule has 1 atom stereocenters. The zero-order valence-electron chi connectivity index (χ0n) is 11.9. The number of rotatable bonds is 4. The largest absolute Gasteiger partial charge is 0.422 e. The predicted octanol–water partition coefficient (Wildman–Crippen LogP) is 2.19. The number of carbonyl (C=O) groups is 2. The van der Waals surface area contributed by atoms with Gasteiger partial charge in [-0.05, 0) is 31.4 Å².